The lowest BCUT2D eigenvalue weighted by atomic mass is 10.1. The number of carbonyl (C=O) groups excluding carboxylic acids is 2. The molecule has 0 heterocycles. The normalized spacial score (nSPS) is 10.4. The highest BCUT2D eigenvalue weighted by Crippen LogP contribution is 2.26. The summed E-state index contributed by atoms with van der Waals surface area (Å²) in [5.74, 6) is 0. The summed E-state index contributed by atoms with van der Waals surface area (Å²) in [5.41, 5.74) is 1.46. The molecule has 140 valence electrons. The van der Waals surface area contributed by atoms with Crippen LogP contribution in [0.25, 0.3) is 21.5 Å². The molecule has 0 saturated heterocycles. The molecule has 0 unspecified atom stereocenters. The van der Waals surface area contributed by atoms with Crippen molar-refractivity contribution in [2.45, 2.75) is 0 Å². The van der Waals surface area contributed by atoms with Gasteiger partial charge in [-0.2, -0.15) is 0 Å². The van der Waals surface area contributed by atoms with Gasteiger partial charge in [0.05, 0.1) is 0 Å². The minimum absolute atomic E-state index is 0.731. The van der Waals surface area contributed by atoms with Crippen molar-refractivity contribution in [2.24, 2.45) is 0 Å². The highest BCUT2D eigenvalue weighted by atomic mass is 127. The van der Waals surface area contributed by atoms with Crippen molar-refractivity contribution >= 4 is 124 Å². The van der Waals surface area contributed by atoms with E-state index < -0.39 is 0 Å². The van der Waals surface area contributed by atoms with E-state index in [0.717, 1.165) is 34.5 Å². The summed E-state index contributed by atoms with van der Waals surface area (Å²) in [7, 11) is 0. The van der Waals surface area contributed by atoms with Crippen molar-refractivity contribution in [3.8, 4) is 0 Å². The number of hydrogen-bond acceptors (Lipinski definition) is 2. The van der Waals surface area contributed by atoms with Crippen LogP contribution in [0.1, 0.15) is 20.7 Å². The van der Waals surface area contributed by atoms with E-state index in [4.69, 9.17) is 0 Å². The molecule has 0 amide bonds. The summed E-state index contributed by atoms with van der Waals surface area (Å²) in [4.78, 5) is 21.2. The number of benzene rings is 4. The molecule has 0 aliphatic heterocycles. The highest BCUT2D eigenvalue weighted by molar-refractivity contribution is 14.1. The van der Waals surface area contributed by atoms with Crippen LogP contribution in [0.2, 0.25) is 0 Å². The Morgan fingerprint density at radius 3 is 1.68 bits per heavy atom. The maximum Gasteiger partial charge on any atom is 0.150 e. The Morgan fingerprint density at radius 2 is 1.04 bits per heavy atom. The van der Waals surface area contributed by atoms with Gasteiger partial charge in [0.1, 0.15) is 12.6 Å². The molecule has 0 aliphatic carbocycles. The van der Waals surface area contributed by atoms with Crippen LogP contribution < -0.4 is 0 Å². The van der Waals surface area contributed by atoms with Crippen molar-refractivity contribution in [1.82, 2.24) is 0 Å². The third-order valence-corrected chi connectivity index (χ3v) is 8.81. The molecule has 0 spiro atoms. The molecule has 0 aliphatic rings. The van der Waals surface area contributed by atoms with Crippen molar-refractivity contribution in [1.29, 1.82) is 0 Å². The van der Waals surface area contributed by atoms with Crippen LogP contribution in [-0.4, -0.2) is 12.6 Å². The average molecular weight is 816 g/mol. The standard InChI is InChI=1S/2C11H6I2O/c12-10-4-8-2-1-7(6-14)3-9(8)5-11(10)13;12-10-3-4-11(13)9-5-7(6-14)1-2-8(9)10/h2*1-6H. The molecule has 0 radical (unpaired) electrons. The summed E-state index contributed by atoms with van der Waals surface area (Å²) >= 11 is 9.21. The molecule has 28 heavy (non-hydrogen) atoms. The first-order valence-electron chi connectivity index (χ1n) is 8.10. The van der Waals surface area contributed by atoms with E-state index in [9.17, 15) is 9.59 Å². The number of fused-ring (bicyclic) bond motifs is 2. The van der Waals surface area contributed by atoms with Crippen LogP contribution in [0, 0.1) is 14.3 Å². The quantitative estimate of drug-likeness (QED) is 0.154. The van der Waals surface area contributed by atoms with Crippen LogP contribution in [-0.2, 0) is 0 Å². The van der Waals surface area contributed by atoms with E-state index in [1.807, 2.05) is 36.4 Å². The summed E-state index contributed by atoms with van der Waals surface area (Å²) < 4.78 is 4.87. The summed E-state index contributed by atoms with van der Waals surface area (Å²) in [6.45, 7) is 0. The van der Waals surface area contributed by atoms with Crippen LogP contribution in [0.3, 0.4) is 0 Å². The first kappa shape index (κ1) is 22.3. The molecule has 4 aromatic carbocycles. The molecule has 0 bridgehead atoms. The third kappa shape index (κ3) is 5.22. The second-order valence-corrected chi connectivity index (χ2v) is 10.6. The first-order chi connectivity index (χ1) is 13.4. The molecule has 2 nitrogen and oxygen atoms in total. The predicted molar refractivity (Wildman–Crippen MR) is 150 cm³/mol. The fraction of sp³-hybridized carbons (Fsp3) is 0. The lowest BCUT2D eigenvalue weighted by molar-refractivity contribution is 0.111. The Kier molecular flexibility index (Phi) is 8.07. The van der Waals surface area contributed by atoms with E-state index in [-0.39, 0.29) is 0 Å². The van der Waals surface area contributed by atoms with Gasteiger partial charge in [-0.15, -0.1) is 0 Å². The van der Waals surface area contributed by atoms with Gasteiger partial charge in [0, 0.05) is 25.4 Å². The number of hydrogen-bond donors (Lipinski definition) is 0. The topological polar surface area (TPSA) is 34.1 Å². The number of halogens is 4. The largest absolute Gasteiger partial charge is 0.298 e. The monoisotopic (exact) mass is 816 g/mol. The van der Waals surface area contributed by atoms with Gasteiger partial charge in [-0.3, -0.25) is 9.59 Å². The zero-order valence-corrected chi connectivity index (χ0v) is 22.9. The molecule has 0 saturated carbocycles. The van der Waals surface area contributed by atoms with Gasteiger partial charge in [-0.05, 0) is 148 Å². The molecular formula is C22H12I4O2. The van der Waals surface area contributed by atoms with Crippen LogP contribution in [0.15, 0.2) is 60.7 Å². The Morgan fingerprint density at radius 1 is 0.500 bits per heavy atom. The second-order valence-electron chi connectivity index (χ2n) is 5.94. The summed E-state index contributed by atoms with van der Waals surface area (Å²) in [6.07, 6.45) is 1.76. The van der Waals surface area contributed by atoms with Crippen molar-refractivity contribution in [3.63, 3.8) is 0 Å². The smallest absolute Gasteiger partial charge is 0.150 e. The SMILES string of the molecule is O=Cc1ccc2c(I)ccc(I)c2c1.O=Cc1ccc2cc(I)c(I)cc2c1. The molecule has 6 heteroatoms. The number of aldehydes is 2. The highest BCUT2D eigenvalue weighted by Gasteiger charge is 2.03. The summed E-state index contributed by atoms with van der Waals surface area (Å²) in [6, 6.07) is 19.9. The average Bonchev–Trinajstić information content (AvgIpc) is 2.71. The Bertz CT molecular complexity index is 1200. The van der Waals surface area contributed by atoms with Gasteiger partial charge >= 0.3 is 0 Å². The minimum Gasteiger partial charge on any atom is -0.298 e. The third-order valence-electron chi connectivity index (χ3n) is 4.11. The van der Waals surface area contributed by atoms with Gasteiger partial charge in [0.25, 0.3) is 0 Å². The minimum atomic E-state index is 0.731. The molecular weight excluding hydrogens is 804 g/mol. The fourth-order valence-corrected chi connectivity index (χ4v) is 4.96. The second kappa shape index (κ2) is 10.1. The Labute approximate surface area is 217 Å². The van der Waals surface area contributed by atoms with Crippen molar-refractivity contribution in [3.05, 3.63) is 86.1 Å². The maximum absolute atomic E-state index is 10.6. The van der Waals surface area contributed by atoms with Crippen molar-refractivity contribution in [2.75, 3.05) is 0 Å². The number of carbonyl (C=O) groups is 2. The zero-order chi connectivity index (χ0) is 20.3. The van der Waals surface area contributed by atoms with E-state index in [0.29, 0.717) is 0 Å². The first-order valence-corrected chi connectivity index (χ1v) is 12.4. The van der Waals surface area contributed by atoms with Gasteiger partial charge < -0.3 is 0 Å². The lowest BCUT2D eigenvalue weighted by Crippen LogP contribution is -1.85. The summed E-state index contributed by atoms with van der Waals surface area (Å²) in [5, 5.41) is 4.67. The zero-order valence-electron chi connectivity index (χ0n) is 14.3. The van der Waals surface area contributed by atoms with Gasteiger partial charge in [-0.1, -0.05) is 24.3 Å². The molecule has 0 atom stereocenters. The van der Waals surface area contributed by atoms with Crippen LogP contribution in [0.5, 0.6) is 0 Å². The lowest BCUT2D eigenvalue weighted by Gasteiger charge is -2.03. The van der Waals surface area contributed by atoms with Crippen LogP contribution in [0.4, 0.5) is 0 Å². The molecule has 0 N–H and O–H groups in total. The fourth-order valence-electron chi connectivity index (χ4n) is 2.70. The molecule has 0 aromatic heterocycles. The Balaban J connectivity index is 0.000000161. The van der Waals surface area contributed by atoms with E-state index >= 15 is 0 Å². The molecule has 0 fully saturated rings. The van der Waals surface area contributed by atoms with Gasteiger partial charge in [0.15, 0.2) is 0 Å². The molecule has 4 aromatic rings. The van der Waals surface area contributed by atoms with E-state index in [1.54, 1.807) is 0 Å². The predicted octanol–water partition coefficient (Wildman–Crippen LogP) is 7.72. The Hall–Kier alpha value is -0.340. The van der Waals surface area contributed by atoms with E-state index in [1.165, 1.54) is 25.1 Å². The van der Waals surface area contributed by atoms with E-state index in [2.05, 4.69) is 115 Å². The molecule has 4 rings (SSSR count). The van der Waals surface area contributed by atoms with Gasteiger partial charge in [0.2, 0.25) is 0 Å². The van der Waals surface area contributed by atoms with Crippen molar-refractivity contribution < 1.29 is 9.59 Å². The maximum atomic E-state index is 10.6. The number of rotatable bonds is 2. The van der Waals surface area contributed by atoms with Gasteiger partial charge in [-0.25, -0.2) is 0 Å². The van der Waals surface area contributed by atoms with Crippen LogP contribution >= 0.6 is 90.4 Å².